The zero-order valence-corrected chi connectivity index (χ0v) is 10.5. The van der Waals surface area contributed by atoms with Crippen LogP contribution in [-0.2, 0) is 3.79 Å². The average molecular weight is 274 g/mol. The molecule has 0 radical (unpaired) electrons. The van der Waals surface area contributed by atoms with E-state index in [4.69, 9.17) is 34.8 Å². The molecule has 1 heterocycles. The Morgan fingerprint density at radius 1 is 1.43 bits per heavy atom. The van der Waals surface area contributed by atoms with Crippen LogP contribution in [0.3, 0.4) is 0 Å². The van der Waals surface area contributed by atoms with E-state index in [1.54, 1.807) is 0 Å². The quantitative estimate of drug-likeness (QED) is 0.511. The Morgan fingerprint density at radius 2 is 2.07 bits per heavy atom. The molecule has 0 aliphatic rings. The Kier molecular flexibility index (Phi) is 3.94. The van der Waals surface area contributed by atoms with Crippen LogP contribution < -0.4 is 5.43 Å². The number of alkyl halides is 3. The van der Waals surface area contributed by atoms with Crippen molar-refractivity contribution in [3.8, 4) is 0 Å². The number of nitrogens with one attached hydrogen (secondary N) is 1. The lowest BCUT2D eigenvalue weighted by atomic mass is 10.5. The summed E-state index contributed by atoms with van der Waals surface area (Å²) in [4.78, 5) is 3.95. The fourth-order valence-corrected chi connectivity index (χ4v) is 1.51. The zero-order chi connectivity index (χ0) is 10.8. The van der Waals surface area contributed by atoms with E-state index in [2.05, 4.69) is 19.9 Å². The molecule has 0 saturated heterocycles. The average Bonchev–Trinajstić information content (AvgIpc) is 2.47. The van der Waals surface area contributed by atoms with Crippen LogP contribution >= 0.6 is 46.3 Å². The largest absolute Gasteiger partial charge is 0.251 e. The highest BCUT2D eigenvalue weighted by atomic mass is 35.6. The second-order valence-electron chi connectivity index (χ2n) is 2.59. The molecule has 0 saturated carbocycles. The van der Waals surface area contributed by atoms with Crippen molar-refractivity contribution in [2.75, 3.05) is 5.43 Å². The number of anilines is 1. The van der Waals surface area contributed by atoms with Gasteiger partial charge in [-0.2, -0.15) is 14.5 Å². The molecule has 1 N–H and O–H groups in total. The van der Waals surface area contributed by atoms with E-state index in [9.17, 15) is 0 Å². The van der Waals surface area contributed by atoms with Gasteiger partial charge in [-0.15, -0.1) is 0 Å². The Labute approximate surface area is 100 Å². The molecule has 0 atom stereocenters. The van der Waals surface area contributed by atoms with E-state index in [1.807, 2.05) is 13.8 Å². The summed E-state index contributed by atoms with van der Waals surface area (Å²) >= 11 is 17.8. The second-order valence-corrected chi connectivity index (χ2v) is 5.62. The molecule has 14 heavy (non-hydrogen) atoms. The number of hydrazone groups is 1. The van der Waals surface area contributed by atoms with Crippen molar-refractivity contribution in [2.45, 2.75) is 17.6 Å². The Hall–Kier alpha value is -0.100. The van der Waals surface area contributed by atoms with Gasteiger partial charge in [0, 0.05) is 17.2 Å². The van der Waals surface area contributed by atoms with Crippen LogP contribution in [0, 0.1) is 0 Å². The number of nitrogens with zero attached hydrogens (tertiary/aromatic N) is 3. The summed E-state index contributed by atoms with van der Waals surface area (Å²) in [7, 11) is 0. The summed E-state index contributed by atoms with van der Waals surface area (Å²) in [6.45, 7) is 3.70. The monoisotopic (exact) mass is 272 g/mol. The number of rotatable bonds is 2. The first-order valence-electron chi connectivity index (χ1n) is 3.57. The SMILES string of the molecule is CC(C)=NNc1nc(C(Cl)(Cl)Cl)ns1. The van der Waals surface area contributed by atoms with Gasteiger partial charge in [-0.05, 0) is 13.8 Å². The van der Waals surface area contributed by atoms with Crippen molar-refractivity contribution in [1.82, 2.24) is 9.36 Å². The van der Waals surface area contributed by atoms with Gasteiger partial charge in [0.15, 0.2) is 5.82 Å². The van der Waals surface area contributed by atoms with Gasteiger partial charge in [-0.1, -0.05) is 34.8 Å². The lowest BCUT2D eigenvalue weighted by molar-refractivity contribution is 1.04. The number of hydrogen-bond donors (Lipinski definition) is 1. The smallest absolute Gasteiger partial charge is 0.251 e. The first kappa shape index (κ1) is 12.0. The normalized spacial score (nSPS) is 11.2. The van der Waals surface area contributed by atoms with Crippen molar-refractivity contribution in [3.63, 3.8) is 0 Å². The Balaban J connectivity index is 2.74. The molecule has 0 spiro atoms. The van der Waals surface area contributed by atoms with Crippen LogP contribution in [0.4, 0.5) is 5.13 Å². The van der Waals surface area contributed by atoms with Crippen molar-refractivity contribution >= 4 is 57.2 Å². The third kappa shape index (κ3) is 3.57. The van der Waals surface area contributed by atoms with E-state index in [1.165, 1.54) is 0 Å². The molecule has 0 unspecified atom stereocenters. The highest BCUT2D eigenvalue weighted by Gasteiger charge is 2.28. The van der Waals surface area contributed by atoms with Gasteiger partial charge < -0.3 is 0 Å². The molecule has 4 nitrogen and oxygen atoms in total. The first-order valence-corrected chi connectivity index (χ1v) is 5.48. The predicted octanol–water partition coefficient (Wildman–Crippen LogP) is 3.17. The van der Waals surface area contributed by atoms with E-state index in [0.29, 0.717) is 5.13 Å². The topological polar surface area (TPSA) is 50.2 Å². The minimum atomic E-state index is -1.58. The van der Waals surface area contributed by atoms with Crippen molar-refractivity contribution in [1.29, 1.82) is 0 Å². The molecule has 0 amide bonds. The molecule has 0 aromatic carbocycles. The van der Waals surface area contributed by atoms with E-state index in [-0.39, 0.29) is 5.82 Å². The zero-order valence-electron chi connectivity index (χ0n) is 7.38. The van der Waals surface area contributed by atoms with Gasteiger partial charge in [0.25, 0.3) is 3.79 Å². The predicted molar refractivity (Wildman–Crippen MR) is 61.6 cm³/mol. The highest BCUT2D eigenvalue weighted by Crippen LogP contribution is 2.37. The molecular formula is C6H7Cl3N4S. The minimum Gasteiger partial charge on any atom is -0.251 e. The third-order valence-corrected chi connectivity index (χ3v) is 2.18. The van der Waals surface area contributed by atoms with E-state index < -0.39 is 3.79 Å². The lowest BCUT2D eigenvalue weighted by Gasteiger charge is -2.02. The van der Waals surface area contributed by atoms with Crippen molar-refractivity contribution in [3.05, 3.63) is 5.82 Å². The summed E-state index contributed by atoms with van der Waals surface area (Å²) in [5.41, 5.74) is 3.56. The molecule has 8 heteroatoms. The molecule has 0 aliphatic carbocycles. The van der Waals surface area contributed by atoms with Crippen LogP contribution in [0.15, 0.2) is 5.10 Å². The lowest BCUT2D eigenvalue weighted by Crippen LogP contribution is -2.02. The third-order valence-electron chi connectivity index (χ3n) is 1.05. The summed E-state index contributed by atoms with van der Waals surface area (Å²) in [6, 6.07) is 0. The Bertz CT molecular complexity index is 339. The summed E-state index contributed by atoms with van der Waals surface area (Å²) < 4.78 is 2.29. The molecule has 0 aliphatic heterocycles. The van der Waals surface area contributed by atoms with Crippen LogP contribution in [0.5, 0.6) is 0 Å². The van der Waals surface area contributed by atoms with Gasteiger partial charge in [0.2, 0.25) is 5.13 Å². The number of halogens is 3. The van der Waals surface area contributed by atoms with Gasteiger partial charge in [0.1, 0.15) is 0 Å². The van der Waals surface area contributed by atoms with Gasteiger partial charge in [-0.3, -0.25) is 5.43 Å². The molecule has 1 aromatic rings. The van der Waals surface area contributed by atoms with E-state index in [0.717, 1.165) is 17.2 Å². The fraction of sp³-hybridized carbons (Fsp3) is 0.500. The summed E-state index contributed by atoms with van der Waals surface area (Å²) in [5, 5.41) is 4.43. The number of aromatic nitrogens is 2. The maximum absolute atomic E-state index is 5.58. The summed E-state index contributed by atoms with van der Waals surface area (Å²) in [5.74, 6) is 0.152. The van der Waals surface area contributed by atoms with Crippen molar-refractivity contribution < 1.29 is 0 Å². The molecule has 1 rings (SSSR count). The Morgan fingerprint density at radius 3 is 2.50 bits per heavy atom. The molecular weight excluding hydrogens is 267 g/mol. The first-order chi connectivity index (χ1) is 6.39. The van der Waals surface area contributed by atoms with Gasteiger partial charge in [-0.25, -0.2) is 0 Å². The molecule has 0 bridgehead atoms. The molecule has 0 fully saturated rings. The summed E-state index contributed by atoms with van der Waals surface area (Å²) in [6.07, 6.45) is 0. The standard InChI is InChI=1S/C6H7Cl3N4S/c1-3(2)11-12-5-10-4(13-14-5)6(7,8)9/h1-2H3,(H,10,12,13). The van der Waals surface area contributed by atoms with Crippen LogP contribution in [-0.4, -0.2) is 15.1 Å². The van der Waals surface area contributed by atoms with Crippen molar-refractivity contribution in [2.24, 2.45) is 5.10 Å². The molecule has 78 valence electrons. The second kappa shape index (κ2) is 4.61. The van der Waals surface area contributed by atoms with Gasteiger partial charge >= 0.3 is 0 Å². The maximum Gasteiger partial charge on any atom is 0.251 e. The maximum atomic E-state index is 5.58. The minimum absolute atomic E-state index is 0.152. The fourth-order valence-electron chi connectivity index (χ4n) is 0.544. The van der Waals surface area contributed by atoms with Crippen LogP contribution in [0.1, 0.15) is 19.7 Å². The van der Waals surface area contributed by atoms with E-state index >= 15 is 0 Å². The van der Waals surface area contributed by atoms with Crippen LogP contribution in [0.2, 0.25) is 0 Å². The number of hydrogen-bond acceptors (Lipinski definition) is 5. The van der Waals surface area contributed by atoms with Gasteiger partial charge in [0.05, 0.1) is 0 Å². The van der Waals surface area contributed by atoms with Crippen LogP contribution in [0.25, 0.3) is 0 Å². The highest BCUT2D eigenvalue weighted by molar-refractivity contribution is 7.09. The molecule has 1 aromatic heterocycles.